The first-order valence-corrected chi connectivity index (χ1v) is 42.1. The van der Waals surface area contributed by atoms with Crippen LogP contribution >= 0.6 is 34.0 Å². The predicted molar refractivity (Wildman–Crippen MR) is 476 cm³/mol. The molecule has 0 bridgehead atoms. The fourth-order valence-corrected chi connectivity index (χ4v) is 16.2. The van der Waals surface area contributed by atoms with Crippen molar-refractivity contribution in [3.05, 3.63) is 243 Å². The van der Waals surface area contributed by atoms with Crippen LogP contribution in [0.1, 0.15) is 79.2 Å². The number of imidazole rings is 3. The highest BCUT2D eigenvalue weighted by atomic mass is 32.1. The molecule has 12 N–H and O–H groups in total. The van der Waals surface area contributed by atoms with Gasteiger partial charge in [0.05, 0.1) is 100 Å². The van der Waals surface area contributed by atoms with Gasteiger partial charge in [-0.2, -0.15) is 0 Å². The molecule has 3 aliphatic heterocycles. The second-order valence-corrected chi connectivity index (χ2v) is 31.5. The van der Waals surface area contributed by atoms with Crippen molar-refractivity contribution in [2.75, 3.05) is 157 Å². The summed E-state index contributed by atoms with van der Waals surface area (Å²) in [5, 5.41) is 32.2. The average Bonchev–Trinajstić information content (AvgIpc) is 1.52. The number of anilines is 10. The molecular formula is C87H91N23O8S3. The van der Waals surface area contributed by atoms with E-state index >= 15 is 0 Å². The number of benzene rings is 5. The molecule has 0 spiro atoms. The zero-order chi connectivity index (χ0) is 84.0. The number of likely N-dealkylation sites (N-methyl/N-ethyl adjacent to an activating group) is 1. The molecule has 620 valence electrons. The van der Waals surface area contributed by atoms with Crippen LogP contribution in [0.3, 0.4) is 0 Å². The van der Waals surface area contributed by atoms with Gasteiger partial charge < -0.3 is 73.3 Å². The van der Waals surface area contributed by atoms with Gasteiger partial charge in [0.25, 0.3) is 35.4 Å². The second kappa shape index (κ2) is 38.2. The minimum absolute atomic E-state index is 0.0299. The Balaban J connectivity index is 0.000000142. The lowest BCUT2D eigenvalue weighted by Crippen LogP contribution is -2.47. The largest absolute Gasteiger partial charge is 0.397 e. The molecule has 12 heterocycles. The van der Waals surface area contributed by atoms with Crippen LogP contribution in [0.5, 0.6) is 0 Å². The van der Waals surface area contributed by atoms with Crippen LogP contribution < -0.4 is 54.0 Å². The molecule has 34 heteroatoms. The number of thiazole rings is 3. The summed E-state index contributed by atoms with van der Waals surface area (Å²) >= 11 is 4.40. The summed E-state index contributed by atoms with van der Waals surface area (Å²) < 4.78 is 16.5. The average molecular weight is 1680 g/mol. The topological polar surface area (TPSA) is 373 Å². The molecular weight excluding hydrogens is 1590 g/mol. The van der Waals surface area contributed by atoms with Crippen molar-refractivity contribution in [2.45, 2.75) is 20.8 Å². The molecule has 0 saturated carbocycles. The van der Waals surface area contributed by atoms with Crippen molar-refractivity contribution in [2.24, 2.45) is 0 Å². The third kappa shape index (κ3) is 20.2. The summed E-state index contributed by atoms with van der Waals surface area (Å²) in [5.74, 6) is -0.821. The van der Waals surface area contributed by atoms with Crippen LogP contribution in [0.4, 0.5) is 55.2 Å². The van der Waals surface area contributed by atoms with E-state index in [0.717, 1.165) is 177 Å². The Hall–Kier alpha value is -13.3. The molecule has 0 unspecified atom stereocenters. The predicted octanol–water partition coefficient (Wildman–Crippen LogP) is 12.1. The van der Waals surface area contributed by atoms with Gasteiger partial charge in [0, 0.05) is 154 Å². The number of carbonyl (C=O) groups is 6. The Morgan fingerprint density at radius 3 is 1.10 bits per heavy atom. The number of aromatic nitrogens is 9. The standard InChI is InChI=1S/C31H32N8O3S.C30H30N8O2S.C26H29N7O3S/c1-20-28(39-18-22(8-11-27(39)34-20)29(40)33-12-13-38-14-16-42-17-15-38)26-19-43-31(37-26)35-23-9-6-21(7-10-23)30(41)36-25-5-3-2-4-24(25)32;1-19-27(38-17-21(9-12-26(38)32-19)29(40)37-15-13-36(2)14-16-37)25-18-41-30(35-25)33-22-10-7-20(8-11-22)28(39)34-24-6-4-3-5-23(24)31;1-17-23(21-16-37-26(31-21)30-20-6-3-18(4-7-20)24(34)27-2)33-15-19(5-8-22(33)29-17)25(35)28-9-10-32-11-13-36-14-12-32/h2-11,18-19H,12-17,32H2,1H3,(H,33,40)(H,35,37)(H,36,41);3-12,17-18H,13-16,31H2,1-2H3,(H,33,35)(H,34,39);3-8,15-16H,9-14H2,1-2H3,(H,27,34)(H,28,35)(H,30,31). The van der Waals surface area contributed by atoms with Crippen LogP contribution in [-0.2, 0) is 9.47 Å². The molecule has 9 aromatic heterocycles. The van der Waals surface area contributed by atoms with Crippen LogP contribution in [0, 0.1) is 20.8 Å². The highest BCUT2D eigenvalue weighted by Crippen LogP contribution is 2.35. The number of fused-ring (bicyclic) bond motifs is 3. The van der Waals surface area contributed by atoms with Crippen molar-refractivity contribution in [1.29, 1.82) is 0 Å². The van der Waals surface area contributed by atoms with Gasteiger partial charge >= 0.3 is 0 Å². The Morgan fingerprint density at radius 1 is 0.397 bits per heavy atom. The Labute approximate surface area is 709 Å². The third-order valence-corrected chi connectivity index (χ3v) is 22.9. The molecule has 3 aliphatic rings. The quantitative estimate of drug-likeness (QED) is 0.0266. The molecule has 6 amide bonds. The van der Waals surface area contributed by atoms with E-state index in [2.05, 4.69) is 74.2 Å². The number of hydrogen-bond donors (Lipinski definition) is 10. The van der Waals surface area contributed by atoms with E-state index in [1.54, 1.807) is 79.8 Å². The Kier molecular flexibility index (Phi) is 26.1. The van der Waals surface area contributed by atoms with E-state index in [-0.39, 0.29) is 35.4 Å². The summed E-state index contributed by atoms with van der Waals surface area (Å²) in [7, 11) is 3.68. The van der Waals surface area contributed by atoms with E-state index in [1.807, 2.05) is 159 Å². The number of morpholine rings is 2. The van der Waals surface area contributed by atoms with Gasteiger partial charge in [-0.25, -0.2) is 29.9 Å². The number of nitrogens with one attached hydrogen (secondary N) is 8. The van der Waals surface area contributed by atoms with Crippen molar-refractivity contribution >= 4 is 142 Å². The van der Waals surface area contributed by atoms with Gasteiger partial charge in [0.2, 0.25) is 0 Å². The van der Waals surface area contributed by atoms with Crippen molar-refractivity contribution in [1.82, 2.24) is 78.7 Å². The fraction of sp³-hybridized carbons (Fsp3) is 0.241. The van der Waals surface area contributed by atoms with Gasteiger partial charge in [0.1, 0.15) is 34.0 Å². The van der Waals surface area contributed by atoms with Gasteiger partial charge in [-0.05, 0) is 161 Å². The summed E-state index contributed by atoms with van der Waals surface area (Å²) in [6.07, 6.45) is 5.50. The number of carbonyl (C=O) groups excluding carboxylic acids is 6. The number of piperazine rings is 1. The van der Waals surface area contributed by atoms with Crippen molar-refractivity contribution < 1.29 is 38.2 Å². The number of hydrogen-bond acceptors (Lipinski definition) is 25. The fourth-order valence-electron chi connectivity index (χ4n) is 14.1. The summed E-state index contributed by atoms with van der Waals surface area (Å²) in [6.45, 7) is 18.3. The third-order valence-electron chi connectivity index (χ3n) is 20.7. The Bertz CT molecular complexity index is 6060. The number of rotatable bonds is 23. The summed E-state index contributed by atoms with van der Waals surface area (Å²) in [6, 6.07) is 46.8. The molecule has 121 heavy (non-hydrogen) atoms. The SMILES string of the molecule is CNC(=O)c1ccc(Nc2nc(-c3c(C)nc4ccc(C(=O)NCCN5CCOCC5)cn34)cs2)cc1.Cc1nc2ccc(C(=O)N3CCN(C)CC3)cn2c1-c1csc(Nc2ccc(C(=O)Nc3ccccc3N)cc2)n1.Cc1nc2ccc(C(=O)NCCN3CCOCC3)cn2c1-c1csc(Nc2ccc(C(=O)Nc3ccccc3N)cc2)n1. The molecule has 3 saturated heterocycles. The van der Waals surface area contributed by atoms with E-state index < -0.39 is 0 Å². The first-order chi connectivity index (χ1) is 58.8. The second-order valence-electron chi connectivity index (χ2n) is 29.0. The van der Waals surface area contributed by atoms with Gasteiger partial charge in [-0.1, -0.05) is 24.3 Å². The van der Waals surface area contributed by atoms with Crippen molar-refractivity contribution in [3.63, 3.8) is 0 Å². The number of nitrogens with zero attached hydrogens (tertiary/aromatic N) is 13. The maximum Gasteiger partial charge on any atom is 0.255 e. The molecule has 3 fully saturated rings. The minimum atomic E-state index is -0.241. The number of ether oxygens (including phenoxy) is 2. The molecule has 31 nitrogen and oxygen atoms in total. The molecule has 0 aliphatic carbocycles. The van der Waals surface area contributed by atoms with Crippen LogP contribution in [-0.4, -0.2) is 217 Å². The molecule has 14 aromatic rings. The van der Waals surface area contributed by atoms with Gasteiger partial charge in [0.15, 0.2) is 15.4 Å². The smallest absolute Gasteiger partial charge is 0.255 e. The number of nitrogens with two attached hydrogens (primary N) is 2. The van der Waals surface area contributed by atoms with E-state index in [4.69, 9.17) is 40.9 Å². The number of para-hydroxylation sites is 4. The monoisotopic (exact) mass is 1680 g/mol. The van der Waals surface area contributed by atoms with Gasteiger partial charge in [-0.3, -0.25) is 51.8 Å². The van der Waals surface area contributed by atoms with E-state index in [1.165, 1.54) is 34.0 Å². The Morgan fingerprint density at radius 2 is 0.736 bits per heavy atom. The maximum absolute atomic E-state index is 13.2. The lowest BCUT2D eigenvalue weighted by atomic mass is 10.2. The maximum atomic E-state index is 13.2. The first-order valence-electron chi connectivity index (χ1n) is 39.4. The van der Waals surface area contributed by atoms with E-state index in [0.29, 0.717) is 84.6 Å². The van der Waals surface area contributed by atoms with Crippen molar-refractivity contribution in [3.8, 4) is 34.2 Å². The number of pyridine rings is 3. The molecule has 0 radical (unpaired) electrons. The molecule has 5 aromatic carbocycles. The number of amides is 6. The summed E-state index contributed by atoms with van der Waals surface area (Å²) in [4.78, 5) is 113. The normalized spacial score (nSPS) is 13.8. The lowest BCUT2D eigenvalue weighted by Gasteiger charge is -2.32. The zero-order valence-electron chi connectivity index (χ0n) is 67.2. The first kappa shape index (κ1) is 82.8. The minimum Gasteiger partial charge on any atom is -0.397 e. The summed E-state index contributed by atoms with van der Waals surface area (Å²) in [5.41, 5.74) is 29.4. The zero-order valence-corrected chi connectivity index (χ0v) is 69.7. The van der Waals surface area contributed by atoms with Gasteiger partial charge in [-0.15, -0.1) is 34.0 Å². The van der Waals surface area contributed by atoms with Crippen LogP contribution in [0.2, 0.25) is 0 Å². The highest BCUT2D eigenvalue weighted by molar-refractivity contribution is 7.14. The number of nitrogen functional groups attached to an aromatic ring is 2. The number of aryl methyl sites for hydroxylation is 3. The van der Waals surface area contributed by atoms with Crippen LogP contribution in [0.15, 0.2) is 192 Å². The van der Waals surface area contributed by atoms with Crippen LogP contribution in [0.25, 0.3) is 51.1 Å². The van der Waals surface area contributed by atoms with E-state index in [9.17, 15) is 28.8 Å². The highest BCUT2D eigenvalue weighted by Gasteiger charge is 2.25. The lowest BCUT2D eigenvalue weighted by molar-refractivity contribution is 0.0382. The molecule has 17 rings (SSSR count). The molecule has 0 atom stereocenters.